The molecule has 0 saturated heterocycles. The minimum Gasteiger partial charge on any atom is -0.299 e. The molecule has 0 saturated carbocycles. The highest BCUT2D eigenvalue weighted by Gasteiger charge is 2.17. The summed E-state index contributed by atoms with van der Waals surface area (Å²) in [6.45, 7) is 5.62. The summed E-state index contributed by atoms with van der Waals surface area (Å²) in [5.41, 5.74) is 1.98. The molecule has 1 atom stereocenters. The fourth-order valence-corrected chi connectivity index (χ4v) is 2.03. The maximum absolute atomic E-state index is 11.4. The van der Waals surface area contributed by atoms with Crippen molar-refractivity contribution in [3.05, 3.63) is 28.0 Å². The van der Waals surface area contributed by atoms with Gasteiger partial charge in [-0.15, -0.1) is 0 Å². The number of carbonyl (C=O) groups is 1. The molecule has 1 heterocycles. The molecule has 0 aliphatic heterocycles. The predicted molar refractivity (Wildman–Crippen MR) is 60.4 cm³/mol. The van der Waals surface area contributed by atoms with Gasteiger partial charge in [0.2, 0.25) is 0 Å². The van der Waals surface area contributed by atoms with Gasteiger partial charge in [0, 0.05) is 10.7 Å². The Morgan fingerprint density at radius 3 is 2.71 bits per heavy atom. The standard InChI is InChI=1S/C11H14BrNO/c1-4-10(8(3)14)11-7(2)5-9(12)6-13-11/h5-6,10H,4H2,1-3H3. The number of halogens is 1. The minimum atomic E-state index is -0.0527. The summed E-state index contributed by atoms with van der Waals surface area (Å²) < 4.78 is 0.956. The number of carbonyl (C=O) groups excluding carboxylic acids is 1. The van der Waals surface area contributed by atoms with Crippen LogP contribution < -0.4 is 0 Å². The van der Waals surface area contributed by atoms with Gasteiger partial charge in [-0.25, -0.2) is 0 Å². The van der Waals surface area contributed by atoms with E-state index < -0.39 is 0 Å². The summed E-state index contributed by atoms with van der Waals surface area (Å²) in [6.07, 6.45) is 2.55. The first kappa shape index (κ1) is 11.4. The maximum Gasteiger partial charge on any atom is 0.138 e. The molecule has 2 nitrogen and oxygen atoms in total. The van der Waals surface area contributed by atoms with E-state index in [4.69, 9.17) is 0 Å². The fourth-order valence-electron chi connectivity index (χ4n) is 1.59. The Morgan fingerprint density at radius 1 is 1.64 bits per heavy atom. The zero-order chi connectivity index (χ0) is 10.7. The number of ketones is 1. The first-order valence-electron chi connectivity index (χ1n) is 4.68. The molecule has 1 aromatic rings. The quantitative estimate of drug-likeness (QED) is 0.830. The van der Waals surface area contributed by atoms with Crippen LogP contribution >= 0.6 is 15.9 Å². The van der Waals surface area contributed by atoms with Gasteiger partial charge >= 0.3 is 0 Å². The van der Waals surface area contributed by atoms with E-state index in [0.29, 0.717) is 0 Å². The van der Waals surface area contributed by atoms with Gasteiger partial charge in [0.15, 0.2) is 0 Å². The Balaban J connectivity index is 3.10. The van der Waals surface area contributed by atoms with Crippen LogP contribution in [-0.4, -0.2) is 10.8 Å². The largest absolute Gasteiger partial charge is 0.299 e. The van der Waals surface area contributed by atoms with Crippen LogP contribution in [0.25, 0.3) is 0 Å². The van der Waals surface area contributed by atoms with Crippen LogP contribution in [0.4, 0.5) is 0 Å². The summed E-state index contributed by atoms with van der Waals surface area (Å²) in [5.74, 6) is 0.133. The molecule has 3 heteroatoms. The van der Waals surface area contributed by atoms with E-state index in [0.717, 1.165) is 22.2 Å². The molecule has 1 unspecified atom stereocenters. The molecule has 0 spiro atoms. The normalized spacial score (nSPS) is 12.6. The van der Waals surface area contributed by atoms with Crippen LogP contribution in [0.1, 0.15) is 37.4 Å². The highest BCUT2D eigenvalue weighted by atomic mass is 79.9. The highest BCUT2D eigenvalue weighted by Crippen LogP contribution is 2.23. The molecule has 0 radical (unpaired) electrons. The third kappa shape index (κ3) is 2.41. The topological polar surface area (TPSA) is 30.0 Å². The lowest BCUT2D eigenvalue weighted by Gasteiger charge is -2.13. The molecule has 0 amide bonds. The summed E-state index contributed by atoms with van der Waals surface area (Å²) in [5, 5.41) is 0. The molecule has 0 aliphatic carbocycles. The number of Topliss-reactive ketones (excluding diaryl/α,β-unsaturated/α-hetero) is 1. The van der Waals surface area contributed by atoms with Crippen molar-refractivity contribution in [2.45, 2.75) is 33.1 Å². The SMILES string of the molecule is CCC(C(C)=O)c1ncc(Br)cc1C. The van der Waals surface area contributed by atoms with Crippen molar-refractivity contribution in [2.75, 3.05) is 0 Å². The van der Waals surface area contributed by atoms with Crippen LogP contribution in [0.15, 0.2) is 16.7 Å². The minimum absolute atomic E-state index is 0.0527. The lowest BCUT2D eigenvalue weighted by molar-refractivity contribution is -0.118. The number of nitrogens with zero attached hydrogens (tertiary/aromatic N) is 1. The third-order valence-corrected chi connectivity index (χ3v) is 2.75. The molecular formula is C11H14BrNO. The Labute approximate surface area is 92.9 Å². The number of aromatic nitrogens is 1. The first-order valence-corrected chi connectivity index (χ1v) is 5.48. The third-order valence-electron chi connectivity index (χ3n) is 2.31. The van der Waals surface area contributed by atoms with Gasteiger partial charge in [-0.1, -0.05) is 6.92 Å². The summed E-state index contributed by atoms with van der Waals surface area (Å²) in [4.78, 5) is 15.7. The van der Waals surface area contributed by atoms with Crippen molar-refractivity contribution in [1.29, 1.82) is 0 Å². The molecule has 1 aromatic heterocycles. The van der Waals surface area contributed by atoms with Gasteiger partial charge in [0.25, 0.3) is 0 Å². The van der Waals surface area contributed by atoms with Crippen molar-refractivity contribution >= 4 is 21.7 Å². The molecular weight excluding hydrogens is 242 g/mol. The van der Waals surface area contributed by atoms with Crippen molar-refractivity contribution in [3.8, 4) is 0 Å². The van der Waals surface area contributed by atoms with Gasteiger partial charge < -0.3 is 0 Å². The van der Waals surface area contributed by atoms with Crippen LogP contribution in [0.5, 0.6) is 0 Å². The van der Waals surface area contributed by atoms with E-state index in [9.17, 15) is 4.79 Å². The smallest absolute Gasteiger partial charge is 0.138 e. The molecule has 76 valence electrons. The van der Waals surface area contributed by atoms with E-state index in [1.54, 1.807) is 13.1 Å². The van der Waals surface area contributed by atoms with E-state index in [1.807, 2.05) is 19.9 Å². The summed E-state index contributed by atoms with van der Waals surface area (Å²) in [6, 6.07) is 1.99. The van der Waals surface area contributed by atoms with Gasteiger partial charge in [0.05, 0.1) is 11.6 Å². The Hall–Kier alpha value is -0.700. The van der Waals surface area contributed by atoms with Crippen molar-refractivity contribution in [2.24, 2.45) is 0 Å². The lowest BCUT2D eigenvalue weighted by Crippen LogP contribution is -2.11. The number of pyridine rings is 1. The second-order valence-corrected chi connectivity index (χ2v) is 4.34. The van der Waals surface area contributed by atoms with E-state index >= 15 is 0 Å². The fraction of sp³-hybridized carbons (Fsp3) is 0.455. The molecule has 0 fully saturated rings. The molecule has 0 N–H and O–H groups in total. The predicted octanol–water partition coefficient (Wildman–Crippen LogP) is 3.24. The molecule has 0 aromatic carbocycles. The zero-order valence-corrected chi connectivity index (χ0v) is 10.3. The number of hydrogen-bond acceptors (Lipinski definition) is 2. The zero-order valence-electron chi connectivity index (χ0n) is 8.67. The number of rotatable bonds is 3. The van der Waals surface area contributed by atoms with Gasteiger partial charge in [-0.2, -0.15) is 0 Å². The summed E-state index contributed by atoms with van der Waals surface area (Å²) >= 11 is 3.36. The molecule has 0 bridgehead atoms. The second-order valence-electron chi connectivity index (χ2n) is 3.43. The van der Waals surface area contributed by atoms with Gasteiger partial charge in [-0.05, 0) is 47.8 Å². The van der Waals surface area contributed by atoms with Crippen LogP contribution in [-0.2, 0) is 4.79 Å². The summed E-state index contributed by atoms with van der Waals surface area (Å²) in [7, 11) is 0. The molecule has 14 heavy (non-hydrogen) atoms. The first-order chi connectivity index (χ1) is 6.56. The van der Waals surface area contributed by atoms with E-state index in [1.165, 1.54) is 0 Å². The number of aryl methyl sites for hydroxylation is 1. The van der Waals surface area contributed by atoms with E-state index in [2.05, 4.69) is 20.9 Å². The average molecular weight is 256 g/mol. The Kier molecular flexibility index (Phi) is 3.81. The maximum atomic E-state index is 11.4. The molecule has 1 rings (SSSR count). The monoisotopic (exact) mass is 255 g/mol. The highest BCUT2D eigenvalue weighted by molar-refractivity contribution is 9.10. The van der Waals surface area contributed by atoms with Crippen LogP contribution in [0.2, 0.25) is 0 Å². The molecule has 0 aliphatic rings. The van der Waals surface area contributed by atoms with Crippen LogP contribution in [0.3, 0.4) is 0 Å². The van der Waals surface area contributed by atoms with Gasteiger partial charge in [0.1, 0.15) is 5.78 Å². The van der Waals surface area contributed by atoms with Crippen molar-refractivity contribution < 1.29 is 4.79 Å². The Morgan fingerprint density at radius 2 is 2.29 bits per heavy atom. The Bertz CT molecular complexity index is 349. The average Bonchev–Trinajstić information content (AvgIpc) is 2.09. The number of hydrogen-bond donors (Lipinski definition) is 0. The van der Waals surface area contributed by atoms with Crippen molar-refractivity contribution in [3.63, 3.8) is 0 Å². The van der Waals surface area contributed by atoms with Crippen LogP contribution in [0, 0.1) is 6.92 Å². The lowest BCUT2D eigenvalue weighted by atomic mass is 9.95. The second kappa shape index (κ2) is 4.69. The van der Waals surface area contributed by atoms with E-state index in [-0.39, 0.29) is 11.7 Å². The van der Waals surface area contributed by atoms with Gasteiger partial charge in [-0.3, -0.25) is 9.78 Å². The van der Waals surface area contributed by atoms with Crippen molar-refractivity contribution in [1.82, 2.24) is 4.98 Å².